The van der Waals surface area contributed by atoms with Crippen molar-refractivity contribution in [3.05, 3.63) is 29.3 Å². The van der Waals surface area contributed by atoms with Crippen molar-refractivity contribution in [2.75, 3.05) is 32.8 Å². The SMILES string of the molecule is Cc1ccc(C)c(S(=O)(=O)N2CCN(CN3C(=O)N[C@@](C)(C4CC4)C3=O)CC2)c1. The number of hydrogen-bond donors (Lipinski definition) is 1. The predicted molar refractivity (Wildman–Crippen MR) is 108 cm³/mol. The first-order valence-electron chi connectivity index (χ1n) is 10.1. The zero-order valence-corrected chi connectivity index (χ0v) is 18.0. The monoisotopic (exact) mass is 420 g/mol. The van der Waals surface area contributed by atoms with E-state index in [-0.39, 0.29) is 24.5 Å². The van der Waals surface area contributed by atoms with Crippen molar-refractivity contribution in [3.63, 3.8) is 0 Å². The van der Waals surface area contributed by atoms with Crippen LogP contribution in [0, 0.1) is 19.8 Å². The smallest absolute Gasteiger partial charge is 0.323 e. The number of urea groups is 1. The molecule has 158 valence electrons. The summed E-state index contributed by atoms with van der Waals surface area (Å²) in [7, 11) is -3.56. The molecule has 3 amide bonds. The fraction of sp³-hybridized carbons (Fsp3) is 0.600. The summed E-state index contributed by atoms with van der Waals surface area (Å²) < 4.78 is 27.6. The third-order valence-electron chi connectivity index (χ3n) is 6.33. The van der Waals surface area contributed by atoms with Crippen LogP contribution in [0.3, 0.4) is 0 Å². The van der Waals surface area contributed by atoms with Crippen LogP contribution < -0.4 is 5.32 Å². The van der Waals surface area contributed by atoms with Gasteiger partial charge in [0.15, 0.2) is 0 Å². The third-order valence-corrected chi connectivity index (χ3v) is 8.37. The highest BCUT2D eigenvalue weighted by Crippen LogP contribution is 2.42. The molecule has 2 aliphatic heterocycles. The van der Waals surface area contributed by atoms with E-state index in [9.17, 15) is 18.0 Å². The molecule has 0 spiro atoms. The van der Waals surface area contributed by atoms with E-state index >= 15 is 0 Å². The maximum Gasteiger partial charge on any atom is 0.326 e. The molecule has 2 heterocycles. The number of sulfonamides is 1. The van der Waals surface area contributed by atoms with Gasteiger partial charge >= 0.3 is 6.03 Å². The van der Waals surface area contributed by atoms with E-state index in [1.54, 1.807) is 19.9 Å². The van der Waals surface area contributed by atoms with E-state index in [0.29, 0.717) is 31.1 Å². The molecular formula is C20H28N4O4S. The van der Waals surface area contributed by atoms with Gasteiger partial charge in [-0.3, -0.25) is 9.69 Å². The second kappa shape index (κ2) is 7.07. The summed E-state index contributed by atoms with van der Waals surface area (Å²) in [6.45, 7) is 7.30. The molecule has 1 N–H and O–H groups in total. The summed E-state index contributed by atoms with van der Waals surface area (Å²) in [5.41, 5.74) is 0.854. The quantitative estimate of drug-likeness (QED) is 0.725. The van der Waals surface area contributed by atoms with Crippen LogP contribution in [0.4, 0.5) is 4.79 Å². The molecule has 1 aromatic rings. The second-order valence-electron chi connectivity index (χ2n) is 8.57. The number of carbonyl (C=O) groups excluding carboxylic acids is 2. The molecule has 4 rings (SSSR count). The molecule has 0 radical (unpaired) electrons. The lowest BCUT2D eigenvalue weighted by molar-refractivity contribution is -0.133. The number of carbonyl (C=O) groups is 2. The highest BCUT2D eigenvalue weighted by atomic mass is 32.2. The second-order valence-corrected chi connectivity index (χ2v) is 10.5. The fourth-order valence-corrected chi connectivity index (χ4v) is 5.95. The minimum Gasteiger partial charge on any atom is -0.323 e. The van der Waals surface area contributed by atoms with Crippen LogP contribution in [0.2, 0.25) is 0 Å². The van der Waals surface area contributed by atoms with Crippen LogP contribution in [0.15, 0.2) is 23.1 Å². The Kier molecular flexibility index (Phi) is 4.95. The molecule has 3 fully saturated rings. The fourth-order valence-electron chi connectivity index (χ4n) is 4.22. The first-order valence-corrected chi connectivity index (χ1v) is 11.5. The van der Waals surface area contributed by atoms with Crippen molar-refractivity contribution in [2.24, 2.45) is 5.92 Å². The van der Waals surface area contributed by atoms with E-state index in [0.717, 1.165) is 24.0 Å². The molecule has 1 aromatic carbocycles. The zero-order chi connectivity index (χ0) is 21.0. The van der Waals surface area contributed by atoms with Gasteiger partial charge in [-0.25, -0.2) is 18.1 Å². The Labute approximate surface area is 171 Å². The zero-order valence-electron chi connectivity index (χ0n) is 17.1. The number of amides is 3. The summed E-state index contributed by atoms with van der Waals surface area (Å²) in [6.07, 6.45) is 1.93. The number of rotatable bonds is 5. The minimum absolute atomic E-state index is 0.171. The van der Waals surface area contributed by atoms with Gasteiger partial charge < -0.3 is 5.32 Å². The molecule has 9 heteroatoms. The molecule has 2 saturated heterocycles. The molecule has 0 bridgehead atoms. The van der Waals surface area contributed by atoms with Crippen LogP contribution in [0.25, 0.3) is 0 Å². The highest BCUT2D eigenvalue weighted by Gasteiger charge is 2.56. The predicted octanol–water partition coefficient (Wildman–Crippen LogP) is 1.29. The van der Waals surface area contributed by atoms with E-state index in [1.165, 1.54) is 9.21 Å². The van der Waals surface area contributed by atoms with Crippen molar-refractivity contribution in [1.82, 2.24) is 19.4 Å². The van der Waals surface area contributed by atoms with Crippen molar-refractivity contribution >= 4 is 22.0 Å². The van der Waals surface area contributed by atoms with Gasteiger partial charge in [-0.05, 0) is 56.7 Å². The van der Waals surface area contributed by atoms with Gasteiger partial charge in [0.1, 0.15) is 5.54 Å². The molecule has 1 saturated carbocycles. The molecule has 3 aliphatic rings. The first kappa shape index (κ1) is 20.3. The van der Waals surface area contributed by atoms with Crippen LogP contribution in [0.5, 0.6) is 0 Å². The molecular weight excluding hydrogens is 392 g/mol. The van der Waals surface area contributed by atoms with Gasteiger partial charge in [-0.2, -0.15) is 4.31 Å². The van der Waals surface area contributed by atoms with Crippen LogP contribution in [-0.2, 0) is 14.8 Å². The summed E-state index contributed by atoms with van der Waals surface area (Å²) in [6, 6.07) is 5.09. The van der Waals surface area contributed by atoms with Gasteiger partial charge in [0.25, 0.3) is 5.91 Å². The largest absolute Gasteiger partial charge is 0.326 e. The topological polar surface area (TPSA) is 90.0 Å². The van der Waals surface area contributed by atoms with Gasteiger partial charge in [0, 0.05) is 26.2 Å². The highest BCUT2D eigenvalue weighted by molar-refractivity contribution is 7.89. The molecule has 0 aromatic heterocycles. The first-order chi connectivity index (χ1) is 13.6. The maximum absolute atomic E-state index is 13.1. The molecule has 8 nitrogen and oxygen atoms in total. The molecule has 29 heavy (non-hydrogen) atoms. The van der Waals surface area contributed by atoms with E-state index in [1.807, 2.05) is 24.0 Å². The lowest BCUT2D eigenvalue weighted by atomic mass is 9.96. The lowest BCUT2D eigenvalue weighted by Gasteiger charge is -2.35. The van der Waals surface area contributed by atoms with Crippen molar-refractivity contribution in [2.45, 2.75) is 44.0 Å². The number of aryl methyl sites for hydroxylation is 2. The Morgan fingerprint density at radius 1 is 1.10 bits per heavy atom. The van der Waals surface area contributed by atoms with Crippen LogP contribution in [-0.4, -0.2) is 72.8 Å². The molecule has 0 unspecified atom stereocenters. The molecule has 1 atom stereocenters. The number of piperazine rings is 1. The Hall–Kier alpha value is -1.97. The Balaban J connectivity index is 1.40. The minimum atomic E-state index is -3.56. The Morgan fingerprint density at radius 2 is 1.76 bits per heavy atom. The van der Waals surface area contributed by atoms with Crippen LogP contribution in [0.1, 0.15) is 30.9 Å². The van der Waals surface area contributed by atoms with Crippen molar-refractivity contribution < 1.29 is 18.0 Å². The number of nitrogens with one attached hydrogen (secondary N) is 1. The van der Waals surface area contributed by atoms with Gasteiger partial charge in [-0.15, -0.1) is 0 Å². The number of hydrogen-bond acceptors (Lipinski definition) is 5. The Morgan fingerprint density at radius 3 is 2.38 bits per heavy atom. The van der Waals surface area contributed by atoms with E-state index in [4.69, 9.17) is 0 Å². The van der Waals surface area contributed by atoms with Gasteiger partial charge in [0.2, 0.25) is 10.0 Å². The van der Waals surface area contributed by atoms with E-state index < -0.39 is 15.6 Å². The number of nitrogens with zero attached hydrogens (tertiary/aromatic N) is 3. The standard InChI is InChI=1S/C20H28N4O4S/c1-14-4-5-15(2)17(12-14)29(27,28)23-10-8-22(9-11-23)13-24-18(25)20(3,16-6-7-16)21-19(24)26/h4-5,12,16H,6-11,13H2,1-3H3,(H,21,26)/t20-/m0/s1. The van der Waals surface area contributed by atoms with Gasteiger partial charge in [0.05, 0.1) is 11.6 Å². The third kappa shape index (κ3) is 3.55. The van der Waals surface area contributed by atoms with E-state index in [2.05, 4.69) is 5.32 Å². The maximum atomic E-state index is 13.1. The van der Waals surface area contributed by atoms with Crippen molar-refractivity contribution in [1.29, 1.82) is 0 Å². The number of benzene rings is 1. The van der Waals surface area contributed by atoms with Crippen molar-refractivity contribution in [3.8, 4) is 0 Å². The van der Waals surface area contributed by atoms with Crippen LogP contribution >= 0.6 is 0 Å². The normalized spacial score (nSPS) is 26.8. The average Bonchev–Trinajstić information content (AvgIpc) is 3.50. The summed E-state index contributed by atoms with van der Waals surface area (Å²) in [4.78, 5) is 28.7. The lowest BCUT2D eigenvalue weighted by Crippen LogP contribution is -2.53. The van der Waals surface area contributed by atoms with Gasteiger partial charge in [-0.1, -0.05) is 12.1 Å². The average molecular weight is 421 g/mol. The number of imide groups is 1. The molecule has 1 aliphatic carbocycles. The summed E-state index contributed by atoms with van der Waals surface area (Å²) in [5.74, 6) is 0.0546. The Bertz CT molecular complexity index is 951. The summed E-state index contributed by atoms with van der Waals surface area (Å²) in [5, 5.41) is 2.85. The summed E-state index contributed by atoms with van der Waals surface area (Å²) >= 11 is 0.